The molecule has 2 rings (SSSR count). The summed E-state index contributed by atoms with van der Waals surface area (Å²) in [6.07, 6.45) is 1.15. The third-order valence-electron chi connectivity index (χ3n) is 2.64. The molecule has 0 bridgehead atoms. The first-order valence-electron chi connectivity index (χ1n) is 5.72. The molecule has 0 aliphatic carbocycles. The van der Waals surface area contributed by atoms with Crippen molar-refractivity contribution in [2.75, 3.05) is 13.1 Å². The number of hydrogen-bond acceptors (Lipinski definition) is 3. The van der Waals surface area contributed by atoms with Crippen molar-refractivity contribution in [3.63, 3.8) is 0 Å². The van der Waals surface area contributed by atoms with Crippen molar-refractivity contribution in [3.8, 4) is 5.75 Å². The van der Waals surface area contributed by atoms with E-state index >= 15 is 0 Å². The van der Waals surface area contributed by atoms with E-state index in [-0.39, 0.29) is 6.10 Å². The van der Waals surface area contributed by atoms with E-state index in [4.69, 9.17) is 4.74 Å². The van der Waals surface area contributed by atoms with Gasteiger partial charge in [0.1, 0.15) is 11.9 Å². The SMILES string of the molecule is CC(C)(O)CNCC1Cc2ccccc2O1. The van der Waals surface area contributed by atoms with E-state index in [0.29, 0.717) is 6.54 Å². The summed E-state index contributed by atoms with van der Waals surface area (Å²) < 4.78 is 5.78. The zero-order valence-electron chi connectivity index (χ0n) is 9.86. The maximum Gasteiger partial charge on any atom is 0.123 e. The van der Waals surface area contributed by atoms with E-state index in [1.807, 2.05) is 18.2 Å². The van der Waals surface area contributed by atoms with Gasteiger partial charge in [0.2, 0.25) is 0 Å². The molecule has 16 heavy (non-hydrogen) atoms. The second kappa shape index (κ2) is 4.44. The van der Waals surface area contributed by atoms with E-state index in [2.05, 4.69) is 11.4 Å². The molecule has 3 nitrogen and oxygen atoms in total. The summed E-state index contributed by atoms with van der Waals surface area (Å²) in [7, 11) is 0. The molecule has 3 heteroatoms. The molecule has 1 aromatic carbocycles. The maximum absolute atomic E-state index is 9.56. The molecule has 0 amide bonds. The molecule has 1 aliphatic heterocycles. The molecule has 0 spiro atoms. The lowest BCUT2D eigenvalue weighted by molar-refractivity contribution is 0.0766. The zero-order valence-corrected chi connectivity index (χ0v) is 9.86. The van der Waals surface area contributed by atoms with Crippen molar-refractivity contribution in [3.05, 3.63) is 29.8 Å². The van der Waals surface area contributed by atoms with Gasteiger partial charge < -0.3 is 15.2 Å². The minimum atomic E-state index is -0.661. The normalized spacial score (nSPS) is 19.3. The molecule has 0 radical (unpaired) electrons. The largest absolute Gasteiger partial charge is 0.488 e. The van der Waals surface area contributed by atoms with Crippen molar-refractivity contribution in [2.45, 2.75) is 32.0 Å². The van der Waals surface area contributed by atoms with Gasteiger partial charge in [0, 0.05) is 19.5 Å². The van der Waals surface area contributed by atoms with E-state index in [1.165, 1.54) is 5.56 Å². The van der Waals surface area contributed by atoms with Crippen LogP contribution in [-0.2, 0) is 6.42 Å². The van der Waals surface area contributed by atoms with Crippen LogP contribution in [0.3, 0.4) is 0 Å². The van der Waals surface area contributed by atoms with Gasteiger partial charge in [0.15, 0.2) is 0 Å². The summed E-state index contributed by atoms with van der Waals surface area (Å²) in [4.78, 5) is 0. The van der Waals surface area contributed by atoms with Crippen LogP contribution >= 0.6 is 0 Å². The Morgan fingerprint density at radius 3 is 2.88 bits per heavy atom. The number of benzene rings is 1. The van der Waals surface area contributed by atoms with E-state index < -0.39 is 5.60 Å². The Morgan fingerprint density at radius 2 is 2.19 bits per heavy atom. The highest BCUT2D eigenvalue weighted by Gasteiger charge is 2.22. The number of rotatable bonds is 4. The third-order valence-corrected chi connectivity index (χ3v) is 2.64. The Balaban J connectivity index is 1.79. The second-order valence-corrected chi connectivity index (χ2v) is 5.00. The van der Waals surface area contributed by atoms with Gasteiger partial charge in [-0.15, -0.1) is 0 Å². The predicted octanol–water partition coefficient (Wildman–Crippen LogP) is 1.35. The highest BCUT2D eigenvalue weighted by molar-refractivity contribution is 5.37. The van der Waals surface area contributed by atoms with Crippen LogP contribution in [0.4, 0.5) is 0 Å². The van der Waals surface area contributed by atoms with Gasteiger partial charge in [-0.05, 0) is 25.5 Å². The quantitative estimate of drug-likeness (QED) is 0.806. The van der Waals surface area contributed by atoms with Gasteiger partial charge in [-0.2, -0.15) is 0 Å². The lowest BCUT2D eigenvalue weighted by Gasteiger charge is -2.19. The van der Waals surface area contributed by atoms with Crippen molar-refractivity contribution in [2.24, 2.45) is 0 Å². The molecule has 1 heterocycles. The first kappa shape index (κ1) is 11.4. The summed E-state index contributed by atoms with van der Waals surface area (Å²) >= 11 is 0. The summed E-state index contributed by atoms with van der Waals surface area (Å²) in [5, 5.41) is 12.8. The van der Waals surface area contributed by atoms with E-state index in [1.54, 1.807) is 13.8 Å². The van der Waals surface area contributed by atoms with Gasteiger partial charge in [-0.3, -0.25) is 0 Å². The Morgan fingerprint density at radius 1 is 1.44 bits per heavy atom. The lowest BCUT2D eigenvalue weighted by atomic mass is 10.1. The van der Waals surface area contributed by atoms with Crippen molar-refractivity contribution >= 4 is 0 Å². The molecule has 1 unspecified atom stereocenters. The number of para-hydroxylation sites is 1. The van der Waals surface area contributed by atoms with Crippen LogP contribution in [0.15, 0.2) is 24.3 Å². The molecular weight excluding hydrogens is 202 g/mol. The van der Waals surface area contributed by atoms with Gasteiger partial charge in [0.25, 0.3) is 0 Å². The topological polar surface area (TPSA) is 41.5 Å². The number of nitrogens with one attached hydrogen (secondary N) is 1. The third kappa shape index (κ3) is 2.97. The Hall–Kier alpha value is -1.06. The molecule has 0 saturated carbocycles. The van der Waals surface area contributed by atoms with Crippen LogP contribution < -0.4 is 10.1 Å². The Labute approximate surface area is 96.4 Å². The van der Waals surface area contributed by atoms with Crippen molar-refractivity contribution in [1.82, 2.24) is 5.32 Å². The molecular formula is C13H19NO2. The van der Waals surface area contributed by atoms with Gasteiger partial charge in [0.05, 0.1) is 5.60 Å². The zero-order chi connectivity index (χ0) is 11.6. The molecule has 1 aromatic rings. The van der Waals surface area contributed by atoms with Crippen LogP contribution in [0, 0.1) is 0 Å². The van der Waals surface area contributed by atoms with Crippen LogP contribution in [-0.4, -0.2) is 29.9 Å². The molecule has 2 N–H and O–H groups in total. The second-order valence-electron chi connectivity index (χ2n) is 5.00. The molecule has 88 valence electrons. The Bertz CT molecular complexity index is 332. The van der Waals surface area contributed by atoms with Crippen LogP contribution in [0.25, 0.3) is 0 Å². The smallest absolute Gasteiger partial charge is 0.123 e. The average Bonchev–Trinajstić information content (AvgIpc) is 2.57. The number of ether oxygens (including phenoxy) is 1. The summed E-state index contributed by atoms with van der Waals surface area (Å²) in [5.41, 5.74) is 0.614. The molecule has 0 aromatic heterocycles. The van der Waals surface area contributed by atoms with Gasteiger partial charge in [-0.25, -0.2) is 0 Å². The monoisotopic (exact) mass is 221 g/mol. The predicted molar refractivity (Wildman–Crippen MR) is 63.7 cm³/mol. The summed E-state index contributed by atoms with van der Waals surface area (Å²) in [6, 6.07) is 8.14. The van der Waals surface area contributed by atoms with Crippen LogP contribution in [0.5, 0.6) is 5.75 Å². The molecule has 1 atom stereocenters. The van der Waals surface area contributed by atoms with Crippen LogP contribution in [0.1, 0.15) is 19.4 Å². The maximum atomic E-state index is 9.56. The van der Waals surface area contributed by atoms with Crippen molar-refractivity contribution in [1.29, 1.82) is 0 Å². The fourth-order valence-corrected chi connectivity index (χ4v) is 1.91. The van der Waals surface area contributed by atoms with E-state index in [9.17, 15) is 5.11 Å². The number of hydrogen-bond donors (Lipinski definition) is 2. The highest BCUT2D eigenvalue weighted by atomic mass is 16.5. The molecule has 0 fully saturated rings. The first-order chi connectivity index (χ1) is 7.54. The highest BCUT2D eigenvalue weighted by Crippen LogP contribution is 2.27. The average molecular weight is 221 g/mol. The summed E-state index contributed by atoms with van der Waals surface area (Å²) in [6.45, 7) is 4.95. The minimum Gasteiger partial charge on any atom is -0.488 e. The first-order valence-corrected chi connectivity index (χ1v) is 5.72. The fourth-order valence-electron chi connectivity index (χ4n) is 1.91. The van der Waals surface area contributed by atoms with Crippen LogP contribution in [0.2, 0.25) is 0 Å². The Kier molecular flexibility index (Phi) is 3.17. The standard InChI is InChI=1S/C13H19NO2/c1-13(2,15)9-14-8-11-7-10-5-3-4-6-12(10)16-11/h3-6,11,14-15H,7-9H2,1-2H3. The minimum absolute atomic E-state index is 0.194. The van der Waals surface area contributed by atoms with Gasteiger partial charge >= 0.3 is 0 Å². The summed E-state index contributed by atoms with van der Waals surface area (Å²) in [5.74, 6) is 0.998. The van der Waals surface area contributed by atoms with E-state index in [0.717, 1.165) is 18.7 Å². The number of fused-ring (bicyclic) bond motifs is 1. The lowest BCUT2D eigenvalue weighted by Crippen LogP contribution is -2.39. The van der Waals surface area contributed by atoms with Gasteiger partial charge in [-0.1, -0.05) is 18.2 Å². The number of aliphatic hydroxyl groups is 1. The van der Waals surface area contributed by atoms with Crippen molar-refractivity contribution < 1.29 is 9.84 Å². The fraction of sp³-hybridized carbons (Fsp3) is 0.538. The molecule has 1 aliphatic rings. The molecule has 0 saturated heterocycles.